The number of rotatable bonds is 9. The maximum atomic E-state index is 13.5. The average molecular weight is 516 g/mol. The van der Waals surface area contributed by atoms with E-state index in [0.29, 0.717) is 52.6 Å². The molecule has 0 radical (unpaired) electrons. The highest BCUT2D eigenvalue weighted by Crippen LogP contribution is 2.48. The van der Waals surface area contributed by atoms with Crippen molar-refractivity contribution in [2.45, 2.75) is 19.4 Å². The quantitative estimate of drug-likeness (QED) is 0.315. The fourth-order valence-corrected chi connectivity index (χ4v) is 4.36. The Balaban J connectivity index is 1.44. The first-order chi connectivity index (χ1) is 18.3. The predicted octanol–water partition coefficient (Wildman–Crippen LogP) is 4.98. The van der Waals surface area contributed by atoms with Crippen LogP contribution in [0.5, 0.6) is 23.0 Å². The van der Waals surface area contributed by atoms with E-state index in [-0.39, 0.29) is 18.3 Å². The topological polar surface area (TPSA) is 104 Å². The van der Waals surface area contributed by atoms with Gasteiger partial charge < -0.3 is 24.8 Å². The normalized spacial score (nSPS) is 13.6. The number of benzene rings is 3. The Morgan fingerprint density at radius 1 is 0.947 bits per heavy atom. The minimum atomic E-state index is -1.20. The predicted molar refractivity (Wildman–Crippen MR) is 140 cm³/mol. The molecule has 3 aromatic carbocycles. The summed E-state index contributed by atoms with van der Waals surface area (Å²) in [6.07, 6.45) is 2.46. The number of amides is 2. The van der Waals surface area contributed by atoms with Crippen LogP contribution in [0.3, 0.4) is 0 Å². The molecule has 0 saturated heterocycles. The summed E-state index contributed by atoms with van der Waals surface area (Å²) in [7, 11) is 3.12. The molecule has 0 spiro atoms. The lowest BCUT2D eigenvalue weighted by atomic mass is 10.0. The molecule has 1 aliphatic rings. The lowest BCUT2D eigenvalue weighted by Crippen LogP contribution is -2.43. The number of pyridine rings is 1. The largest absolute Gasteiger partial charge is 0.493 e. The van der Waals surface area contributed by atoms with Crippen molar-refractivity contribution in [3.63, 3.8) is 0 Å². The van der Waals surface area contributed by atoms with Crippen molar-refractivity contribution < 1.29 is 28.2 Å². The van der Waals surface area contributed by atoms with Crippen LogP contribution in [-0.4, -0.2) is 31.0 Å². The molecule has 8 nitrogen and oxygen atoms in total. The van der Waals surface area contributed by atoms with Gasteiger partial charge in [-0.1, -0.05) is 12.1 Å². The van der Waals surface area contributed by atoms with Crippen LogP contribution in [0, 0.1) is 11.2 Å². The Hall–Kier alpha value is -4.66. The van der Waals surface area contributed by atoms with Crippen LogP contribution in [0.1, 0.15) is 18.4 Å². The number of fused-ring (bicyclic) bond motifs is 1. The van der Waals surface area contributed by atoms with Gasteiger partial charge in [-0.3, -0.25) is 14.6 Å². The molecule has 1 fully saturated rings. The van der Waals surface area contributed by atoms with Crippen LogP contribution >= 0.6 is 0 Å². The molecule has 38 heavy (non-hydrogen) atoms. The minimum absolute atomic E-state index is 0.158. The zero-order chi connectivity index (χ0) is 26.9. The first-order valence-corrected chi connectivity index (χ1v) is 12.0. The van der Waals surface area contributed by atoms with Crippen molar-refractivity contribution in [3.8, 4) is 23.0 Å². The van der Waals surface area contributed by atoms with Crippen molar-refractivity contribution in [3.05, 3.63) is 84.3 Å². The monoisotopic (exact) mass is 515 g/mol. The zero-order valence-corrected chi connectivity index (χ0v) is 20.9. The third kappa shape index (κ3) is 4.70. The van der Waals surface area contributed by atoms with Crippen molar-refractivity contribution >= 4 is 28.4 Å². The summed E-state index contributed by atoms with van der Waals surface area (Å²) in [5, 5.41) is 0.736. The molecule has 2 N–H and O–H groups in total. The van der Waals surface area contributed by atoms with E-state index in [4.69, 9.17) is 19.9 Å². The molecule has 1 aromatic heterocycles. The van der Waals surface area contributed by atoms with Gasteiger partial charge in [0.15, 0.2) is 11.5 Å². The summed E-state index contributed by atoms with van der Waals surface area (Å²) >= 11 is 0. The fourth-order valence-electron chi connectivity index (χ4n) is 4.36. The number of anilines is 1. The van der Waals surface area contributed by atoms with Gasteiger partial charge in [-0.2, -0.15) is 0 Å². The van der Waals surface area contributed by atoms with Crippen LogP contribution in [0.4, 0.5) is 10.1 Å². The lowest BCUT2D eigenvalue weighted by Gasteiger charge is -2.26. The van der Waals surface area contributed by atoms with Gasteiger partial charge in [0.25, 0.3) is 0 Å². The van der Waals surface area contributed by atoms with Crippen LogP contribution in [-0.2, 0) is 16.1 Å². The smallest absolute Gasteiger partial charge is 0.242 e. The Morgan fingerprint density at radius 2 is 1.61 bits per heavy atom. The van der Waals surface area contributed by atoms with Crippen LogP contribution in [0.25, 0.3) is 10.9 Å². The van der Waals surface area contributed by atoms with E-state index >= 15 is 0 Å². The van der Waals surface area contributed by atoms with Crippen LogP contribution in [0.15, 0.2) is 72.9 Å². The van der Waals surface area contributed by atoms with Crippen molar-refractivity contribution in [2.24, 2.45) is 11.1 Å². The van der Waals surface area contributed by atoms with Gasteiger partial charge in [0, 0.05) is 23.3 Å². The van der Waals surface area contributed by atoms with Gasteiger partial charge >= 0.3 is 0 Å². The molecule has 4 aromatic rings. The number of halogens is 1. The molecule has 9 heteroatoms. The van der Waals surface area contributed by atoms with Crippen molar-refractivity contribution in [2.75, 3.05) is 19.1 Å². The van der Waals surface area contributed by atoms with Gasteiger partial charge in [-0.05, 0) is 66.9 Å². The maximum absolute atomic E-state index is 13.5. The minimum Gasteiger partial charge on any atom is -0.493 e. The summed E-state index contributed by atoms with van der Waals surface area (Å²) in [4.78, 5) is 31.5. The number of carbonyl (C=O) groups is 2. The summed E-state index contributed by atoms with van der Waals surface area (Å²) in [5.74, 6) is 0.821. The number of nitrogens with two attached hydrogens (primary N) is 1. The number of aromatic nitrogens is 1. The molecule has 194 valence electrons. The van der Waals surface area contributed by atoms with Gasteiger partial charge in [0.2, 0.25) is 11.8 Å². The van der Waals surface area contributed by atoms with E-state index in [9.17, 15) is 14.0 Å². The second-order valence-electron chi connectivity index (χ2n) is 9.09. The highest BCUT2D eigenvalue weighted by atomic mass is 19.1. The average Bonchev–Trinajstić information content (AvgIpc) is 3.75. The number of hydrogen-bond donors (Lipinski definition) is 1. The summed E-state index contributed by atoms with van der Waals surface area (Å²) in [5.41, 5.74) is 6.33. The standard InChI is InChI=1S/C29H26FN3O5/c1-36-25-15-22-23(16-26(25)37-2)32-14-11-24(22)38-21-9-7-20(8-10-21)33(17-18-3-5-19(30)6-4-18)28(35)29(12-13-29)27(31)34/h3-11,14-16H,12-13,17H2,1-2H3,(H2,31,34). The van der Waals surface area contributed by atoms with Gasteiger partial charge in [-0.25, -0.2) is 4.39 Å². The highest BCUT2D eigenvalue weighted by molar-refractivity contribution is 6.13. The third-order valence-electron chi connectivity index (χ3n) is 6.71. The molecule has 0 atom stereocenters. The molecule has 1 saturated carbocycles. The van der Waals surface area contributed by atoms with E-state index in [1.807, 2.05) is 0 Å². The summed E-state index contributed by atoms with van der Waals surface area (Å²) in [6, 6.07) is 18.1. The van der Waals surface area contributed by atoms with Gasteiger partial charge in [0.05, 0.1) is 26.3 Å². The summed E-state index contributed by atoms with van der Waals surface area (Å²) < 4.78 is 30.4. The molecule has 1 heterocycles. The molecule has 0 aliphatic heterocycles. The van der Waals surface area contributed by atoms with E-state index in [0.717, 1.165) is 5.39 Å². The first-order valence-electron chi connectivity index (χ1n) is 12.0. The maximum Gasteiger partial charge on any atom is 0.242 e. The number of hydrogen-bond acceptors (Lipinski definition) is 6. The van der Waals surface area contributed by atoms with Crippen LogP contribution in [0.2, 0.25) is 0 Å². The SMILES string of the molecule is COc1cc2nccc(Oc3ccc(N(Cc4ccc(F)cc4)C(=O)C4(C(N)=O)CC4)cc3)c2cc1OC. The van der Waals surface area contributed by atoms with Crippen molar-refractivity contribution in [1.29, 1.82) is 0 Å². The van der Waals surface area contributed by atoms with Gasteiger partial charge in [0.1, 0.15) is 22.7 Å². The zero-order valence-electron chi connectivity index (χ0n) is 20.9. The number of methoxy groups -OCH3 is 2. The Labute approximate surface area is 218 Å². The lowest BCUT2D eigenvalue weighted by molar-refractivity contribution is -0.133. The number of carbonyl (C=O) groups excluding carboxylic acids is 2. The fraction of sp³-hybridized carbons (Fsp3) is 0.207. The van der Waals surface area contributed by atoms with E-state index < -0.39 is 11.3 Å². The molecule has 1 aliphatic carbocycles. The Kier molecular flexibility index (Phi) is 6.59. The number of nitrogens with zero attached hydrogens (tertiary/aromatic N) is 2. The van der Waals surface area contributed by atoms with E-state index in [1.165, 1.54) is 17.0 Å². The summed E-state index contributed by atoms with van der Waals surface area (Å²) in [6.45, 7) is 0.158. The molecule has 2 amide bonds. The second-order valence-corrected chi connectivity index (χ2v) is 9.09. The molecule has 0 unspecified atom stereocenters. The van der Waals surface area contributed by atoms with E-state index in [1.54, 1.807) is 75.0 Å². The number of primary amides is 1. The van der Waals surface area contributed by atoms with Crippen molar-refractivity contribution in [1.82, 2.24) is 4.98 Å². The molecule has 0 bridgehead atoms. The van der Waals surface area contributed by atoms with Gasteiger partial charge in [-0.15, -0.1) is 0 Å². The molecular formula is C29H26FN3O5. The first kappa shape index (κ1) is 25.0. The highest BCUT2D eigenvalue weighted by Gasteiger charge is 2.57. The Morgan fingerprint density at radius 3 is 2.21 bits per heavy atom. The number of ether oxygens (including phenoxy) is 3. The van der Waals surface area contributed by atoms with E-state index in [2.05, 4.69) is 4.98 Å². The third-order valence-corrected chi connectivity index (χ3v) is 6.71. The Bertz CT molecular complexity index is 1500. The van der Waals surface area contributed by atoms with Crippen LogP contribution < -0.4 is 24.8 Å². The molecular weight excluding hydrogens is 489 g/mol. The second kappa shape index (κ2) is 10.0. The molecule has 5 rings (SSSR count).